The third kappa shape index (κ3) is 5.72. The first-order valence-corrected chi connectivity index (χ1v) is 3.08. The lowest BCUT2D eigenvalue weighted by atomic mass is 10.3. The highest BCUT2D eigenvalue weighted by atomic mass is 16.3. The van der Waals surface area contributed by atoms with Crippen molar-refractivity contribution >= 4 is 0 Å². The molecule has 1 atom stereocenters. The van der Waals surface area contributed by atoms with Gasteiger partial charge in [-0.15, -0.1) is 0 Å². The van der Waals surface area contributed by atoms with Gasteiger partial charge in [0.1, 0.15) is 0 Å². The quantitative estimate of drug-likeness (QED) is 0.322. The Morgan fingerprint density at radius 3 is 2.67 bits per heavy atom. The van der Waals surface area contributed by atoms with Gasteiger partial charge in [-0.25, -0.2) is 0 Å². The number of aliphatic hydroxyl groups is 1. The van der Waals surface area contributed by atoms with E-state index in [0.717, 1.165) is 6.54 Å². The van der Waals surface area contributed by atoms with E-state index >= 15 is 0 Å². The van der Waals surface area contributed by atoms with E-state index in [0.29, 0.717) is 13.1 Å². The molecular formula is C5H15N3O. The maximum absolute atomic E-state index is 8.44. The molecular weight excluding hydrogens is 118 g/mol. The Morgan fingerprint density at radius 2 is 2.22 bits per heavy atom. The Kier molecular flexibility index (Phi) is 5.86. The molecule has 0 bridgehead atoms. The van der Waals surface area contributed by atoms with Crippen LogP contribution in [0.3, 0.4) is 0 Å². The Hall–Kier alpha value is -0.160. The summed E-state index contributed by atoms with van der Waals surface area (Å²) >= 11 is 0. The summed E-state index contributed by atoms with van der Waals surface area (Å²) in [6, 6.07) is -0.156. The van der Waals surface area contributed by atoms with Gasteiger partial charge >= 0.3 is 0 Å². The first kappa shape index (κ1) is 8.84. The van der Waals surface area contributed by atoms with Crippen molar-refractivity contribution in [2.45, 2.75) is 6.04 Å². The van der Waals surface area contributed by atoms with E-state index in [-0.39, 0.29) is 12.6 Å². The molecule has 4 nitrogen and oxygen atoms in total. The van der Waals surface area contributed by atoms with Crippen LogP contribution in [0.25, 0.3) is 0 Å². The van der Waals surface area contributed by atoms with Crippen LogP contribution in [-0.2, 0) is 0 Å². The van der Waals surface area contributed by atoms with Gasteiger partial charge in [-0.05, 0) is 0 Å². The van der Waals surface area contributed by atoms with E-state index in [1.54, 1.807) is 0 Å². The average Bonchev–Trinajstić information content (AvgIpc) is 1.89. The van der Waals surface area contributed by atoms with Crippen LogP contribution in [0.4, 0.5) is 0 Å². The molecule has 0 aliphatic carbocycles. The molecule has 0 fully saturated rings. The third-order valence-electron chi connectivity index (χ3n) is 0.962. The number of rotatable bonds is 5. The third-order valence-corrected chi connectivity index (χ3v) is 0.962. The van der Waals surface area contributed by atoms with E-state index < -0.39 is 0 Å². The molecule has 0 unspecified atom stereocenters. The first-order chi connectivity index (χ1) is 4.31. The minimum atomic E-state index is -0.156. The van der Waals surface area contributed by atoms with Crippen molar-refractivity contribution in [1.82, 2.24) is 5.32 Å². The predicted molar refractivity (Wildman–Crippen MR) is 37.0 cm³/mol. The van der Waals surface area contributed by atoms with Crippen molar-refractivity contribution in [2.24, 2.45) is 11.5 Å². The molecule has 0 heterocycles. The molecule has 56 valence electrons. The Balaban J connectivity index is 2.88. The molecule has 0 amide bonds. The molecule has 0 aromatic rings. The molecule has 0 spiro atoms. The van der Waals surface area contributed by atoms with Gasteiger partial charge in [-0.2, -0.15) is 0 Å². The molecule has 0 rings (SSSR count). The van der Waals surface area contributed by atoms with Crippen molar-refractivity contribution in [3.8, 4) is 0 Å². The maximum Gasteiger partial charge on any atom is 0.0594 e. The van der Waals surface area contributed by atoms with Gasteiger partial charge in [0, 0.05) is 25.7 Å². The Labute approximate surface area is 55.2 Å². The summed E-state index contributed by atoms with van der Waals surface area (Å²) in [5.41, 5.74) is 10.6. The van der Waals surface area contributed by atoms with Crippen LogP contribution in [0.15, 0.2) is 0 Å². The summed E-state index contributed by atoms with van der Waals surface area (Å²) in [6.07, 6.45) is 0. The number of hydrogen-bond donors (Lipinski definition) is 4. The standard InChI is InChI=1S/C5H15N3O/c6-1-2-8-3-5(7)4-9/h5,8-9H,1-4,6-7H2/t5-/m0/s1. The monoisotopic (exact) mass is 133 g/mol. The van der Waals surface area contributed by atoms with Crippen LogP contribution in [0.5, 0.6) is 0 Å². The van der Waals surface area contributed by atoms with Crippen LogP contribution in [0.2, 0.25) is 0 Å². The van der Waals surface area contributed by atoms with E-state index in [2.05, 4.69) is 5.32 Å². The molecule has 0 radical (unpaired) electrons. The maximum atomic E-state index is 8.44. The molecule has 0 saturated heterocycles. The lowest BCUT2D eigenvalue weighted by Gasteiger charge is -2.07. The fraction of sp³-hybridized carbons (Fsp3) is 1.00. The normalized spacial score (nSPS) is 13.7. The van der Waals surface area contributed by atoms with E-state index in [1.807, 2.05) is 0 Å². The molecule has 0 aromatic carbocycles. The molecule has 4 heteroatoms. The summed E-state index contributed by atoms with van der Waals surface area (Å²) in [5, 5.41) is 11.4. The summed E-state index contributed by atoms with van der Waals surface area (Å²) in [6.45, 7) is 2.02. The minimum Gasteiger partial charge on any atom is -0.395 e. The number of nitrogens with two attached hydrogens (primary N) is 2. The zero-order valence-electron chi connectivity index (χ0n) is 5.51. The average molecular weight is 133 g/mol. The summed E-state index contributed by atoms with van der Waals surface area (Å²) < 4.78 is 0. The lowest BCUT2D eigenvalue weighted by Crippen LogP contribution is -2.38. The van der Waals surface area contributed by atoms with Gasteiger partial charge < -0.3 is 21.9 Å². The summed E-state index contributed by atoms with van der Waals surface area (Å²) in [7, 11) is 0. The van der Waals surface area contributed by atoms with Gasteiger partial charge in [0.05, 0.1) is 6.61 Å². The van der Waals surface area contributed by atoms with Crippen molar-refractivity contribution in [3.63, 3.8) is 0 Å². The van der Waals surface area contributed by atoms with Crippen LogP contribution in [0.1, 0.15) is 0 Å². The van der Waals surface area contributed by atoms with Crippen LogP contribution >= 0.6 is 0 Å². The van der Waals surface area contributed by atoms with Crippen LogP contribution in [-0.4, -0.2) is 37.4 Å². The lowest BCUT2D eigenvalue weighted by molar-refractivity contribution is 0.263. The van der Waals surface area contributed by atoms with Crippen molar-refractivity contribution < 1.29 is 5.11 Å². The highest BCUT2D eigenvalue weighted by molar-refractivity contribution is 4.61. The van der Waals surface area contributed by atoms with Crippen molar-refractivity contribution in [1.29, 1.82) is 0 Å². The van der Waals surface area contributed by atoms with Gasteiger partial charge in [-0.1, -0.05) is 0 Å². The highest BCUT2D eigenvalue weighted by Crippen LogP contribution is 1.69. The second kappa shape index (κ2) is 5.97. The largest absolute Gasteiger partial charge is 0.395 e. The minimum absolute atomic E-state index is 0.0254. The smallest absolute Gasteiger partial charge is 0.0594 e. The second-order valence-corrected chi connectivity index (χ2v) is 1.94. The van der Waals surface area contributed by atoms with Gasteiger partial charge in [0.15, 0.2) is 0 Å². The molecule has 0 aliphatic rings. The van der Waals surface area contributed by atoms with Gasteiger partial charge in [0.2, 0.25) is 0 Å². The molecule has 0 aromatic heterocycles. The number of hydrogen-bond acceptors (Lipinski definition) is 4. The van der Waals surface area contributed by atoms with Gasteiger partial charge in [0.25, 0.3) is 0 Å². The first-order valence-electron chi connectivity index (χ1n) is 3.08. The van der Waals surface area contributed by atoms with Crippen molar-refractivity contribution in [3.05, 3.63) is 0 Å². The molecule has 0 aliphatic heterocycles. The van der Waals surface area contributed by atoms with E-state index in [4.69, 9.17) is 16.6 Å². The highest BCUT2D eigenvalue weighted by Gasteiger charge is 1.96. The molecule has 9 heavy (non-hydrogen) atoms. The van der Waals surface area contributed by atoms with Gasteiger partial charge in [-0.3, -0.25) is 0 Å². The van der Waals surface area contributed by atoms with Crippen LogP contribution < -0.4 is 16.8 Å². The second-order valence-electron chi connectivity index (χ2n) is 1.94. The Morgan fingerprint density at radius 1 is 1.56 bits per heavy atom. The molecule has 6 N–H and O–H groups in total. The fourth-order valence-electron chi connectivity index (χ4n) is 0.454. The SMILES string of the molecule is NCCNC[C@H](N)CO. The van der Waals surface area contributed by atoms with Crippen molar-refractivity contribution in [2.75, 3.05) is 26.2 Å². The predicted octanol–water partition coefficient (Wildman–Crippen LogP) is -2.15. The van der Waals surface area contributed by atoms with E-state index in [1.165, 1.54) is 0 Å². The molecule has 0 saturated carbocycles. The summed E-state index contributed by atoms with van der Waals surface area (Å²) in [4.78, 5) is 0. The Bertz CT molecular complexity index is 60.2. The number of aliphatic hydroxyl groups excluding tert-OH is 1. The summed E-state index contributed by atoms with van der Waals surface area (Å²) in [5.74, 6) is 0. The van der Waals surface area contributed by atoms with E-state index in [9.17, 15) is 0 Å². The zero-order valence-corrected chi connectivity index (χ0v) is 5.51. The number of nitrogens with one attached hydrogen (secondary N) is 1. The zero-order chi connectivity index (χ0) is 7.11. The van der Waals surface area contributed by atoms with Crippen LogP contribution in [0, 0.1) is 0 Å². The fourth-order valence-corrected chi connectivity index (χ4v) is 0.454. The topological polar surface area (TPSA) is 84.3 Å².